The number of amides is 2. The smallest absolute Gasteiger partial charge is 0.226 e. The highest BCUT2D eigenvalue weighted by atomic mass is 16.2. The Kier molecular flexibility index (Phi) is 10.3. The number of aryl methyl sites for hydroxylation is 2. The molecule has 1 aliphatic rings. The number of carbonyl (C=O) groups is 2. The Morgan fingerprint density at radius 1 is 0.977 bits per heavy atom. The van der Waals surface area contributed by atoms with Gasteiger partial charge in [0, 0.05) is 37.4 Å². The van der Waals surface area contributed by atoms with Crippen molar-refractivity contribution in [2.75, 3.05) is 13.1 Å². The molecule has 0 unspecified atom stereocenters. The first-order valence-corrected chi connectivity index (χ1v) is 15.5. The molecular weight excluding hydrogens is 550 g/mol. The molecule has 3 atom stereocenters. The molecule has 0 radical (unpaired) electrons. The molecular formula is C35H43N7O2. The molecule has 230 valence electrons. The van der Waals surface area contributed by atoms with E-state index < -0.39 is 5.41 Å². The Labute approximate surface area is 258 Å². The van der Waals surface area contributed by atoms with Crippen molar-refractivity contribution in [2.24, 2.45) is 27.8 Å². The Balaban J connectivity index is 1.26. The monoisotopic (exact) mass is 593 g/mol. The standard InChI is InChI=1S/C35H43N7O2/c36-34(37)40-19-6-18-35(33(44)39-20-17-26-11-13-27-9-4-5-10-28(27)21-26)22-30(35)31(15-12-25-7-2-1-3-8-25)42-32(43)16-14-29-23-38-24-41-29/h1-5,7-11,13,21,23-24,30-31H,6,12,14-20,22H2,(H,38,41)(H,39,44)(H,42,43)(H4,36,37,40)/t30-,31-,35+/m0/s1. The molecule has 7 N–H and O–H groups in total. The number of guanidine groups is 1. The second-order valence-electron chi connectivity index (χ2n) is 11.8. The first-order valence-electron chi connectivity index (χ1n) is 15.5. The van der Waals surface area contributed by atoms with Crippen molar-refractivity contribution >= 4 is 28.5 Å². The second-order valence-corrected chi connectivity index (χ2v) is 11.8. The van der Waals surface area contributed by atoms with Crippen LogP contribution in [0.4, 0.5) is 0 Å². The number of hydrogen-bond acceptors (Lipinski definition) is 4. The van der Waals surface area contributed by atoms with E-state index in [0.717, 1.165) is 31.4 Å². The summed E-state index contributed by atoms with van der Waals surface area (Å²) in [7, 11) is 0. The van der Waals surface area contributed by atoms with Gasteiger partial charge in [0.25, 0.3) is 0 Å². The summed E-state index contributed by atoms with van der Waals surface area (Å²) in [5, 5.41) is 8.94. The molecule has 44 heavy (non-hydrogen) atoms. The van der Waals surface area contributed by atoms with E-state index >= 15 is 0 Å². The molecule has 1 fully saturated rings. The predicted octanol–water partition coefficient (Wildman–Crippen LogP) is 4.03. The van der Waals surface area contributed by atoms with Crippen LogP contribution in [0, 0.1) is 11.3 Å². The van der Waals surface area contributed by atoms with E-state index in [1.165, 1.54) is 21.9 Å². The van der Waals surface area contributed by atoms with Crippen LogP contribution in [0.2, 0.25) is 0 Å². The summed E-state index contributed by atoms with van der Waals surface area (Å²) in [6.45, 7) is 1.01. The average molecular weight is 594 g/mol. The third-order valence-electron chi connectivity index (χ3n) is 8.77. The van der Waals surface area contributed by atoms with Crippen LogP contribution >= 0.6 is 0 Å². The normalized spacial score (nSPS) is 18.0. The number of carbonyl (C=O) groups excluding carboxylic acids is 2. The summed E-state index contributed by atoms with van der Waals surface area (Å²) in [5.74, 6) is 0.110. The van der Waals surface area contributed by atoms with Crippen LogP contribution < -0.4 is 22.1 Å². The van der Waals surface area contributed by atoms with E-state index in [1.54, 1.807) is 12.5 Å². The van der Waals surface area contributed by atoms with E-state index in [0.29, 0.717) is 38.8 Å². The maximum atomic E-state index is 13.9. The van der Waals surface area contributed by atoms with Crippen molar-refractivity contribution in [3.05, 3.63) is 102 Å². The lowest BCUT2D eigenvalue weighted by molar-refractivity contribution is -0.128. The lowest BCUT2D eigenvalue weighted by atomic mass is 9.90. The largest absolute Gasteiger partial charge is 0.370 e. The number of rotatable bonds is 16. The van der Waals surface area contributed by atoms with Crippen LogP contribution in [-0.4, -0.2) is 46.9 Å². The third-order valence-corrected chi connectivity index (χ3v) is 8.77. The summed E-state index contributed by atoms with van der Waals surface area (Å²) in [4.78, 5) is 38.3. The van der Waals surface area contributed by atoms with Gasteiger partial charge in [-0.1, -0.05) is 72.8 Å². The number of nitrogens with two attached hydrogens (primary N) is 2. The van der Waals surface area contributed by atoms with Gasteiger partial charge in [-0.15, -0.1) is 0 Å². The van der Waals surface area contributed by atoms with Crippen LogP contribution in [-0.2, 0) is 28.9 Å². The van der Waals surface area contributed by atoms with Crippen molar-refractivity contribution in [3.63, 3.8) is 0 Å². The highest BCUT2D eigenvalue weighted by Gasteiger charge is 2.61. The maximum absolute atomic E-state index is 13.9. The molecule has 0 saturated heterocycles. The van der Waals surface area contributed by atoms with Gasteiger partial charge in [-0.3, -0.25) is 14.6 Å². The fourth-order valence-corrected chi connectivity index (χ4v) is 6.31. The highest BCUT2D eigenvalue weighted by Crippen LogP contribution is 2.58. The van der Waals surface area contributed by atoms with Crippen molar-refractivity contribution in [1.29, 1.82) is 0 Å². The summed E-state index contributed by atoms with van der Waals surface area (Å²) < 4.78 is 0. The van der Waals surface area contributed by atoms with E-state index in [9.17, 15) is 9.59 Å². The highest BCUT2D eigenvalue weighted by molar-refractivity contribution is 5.87. The van der Waals surface area contributed by atoms with Gasteiger partial charge in [0.05, 0.1) is 11.7 Å². The minimum atomic E-state index is -0.569. The lowest BCUT2D eigenvalue weighted by Crippen LogP contribution is -2.42. The maximum Gasteiger partial charge on any atom is 0.226 e. The Hall–Kier alpha value is -4.66. The fraction of sp³-hybridized carbons (Fsp3) is 0.371. The van der Waals surface area contributed by atoms with E-state index in [-0.39, 0.29) is 29.7 Å². The summed E-state index contributed by atoms with van der Waals surface area (Å²) in [6.07, 6.45) is 8.67. The number of nitrogens with one attached hydrogen (secondary N) is 3. The second kappa shape index (κ2) is 14.7. The molecule has 9 nitrogen and oxygen atoms in total. The molecule has 0 bridgehead atoms. The predicted molar refractivity (Wildman–Crippen MR) is 175 cm³/mol. The van der Waals surface area contributed by atoms with Gasteiger partial charge in [0.1, 0.15) is 0 Å². The Morgan fingerprint density at radius 3 is 2.55 bits per heavy atom. The minimum Gasteiger partial charge on any atom is -0.370 e. The van der Waals surface area contributed by atoms with Crippen LogP contribution in [0.15, 0.2) is 90.3 Å². The molecule has 0 aliphatic heterocycles. The summed E-state index contributed by atoms with van der Waals surface area (Å²) in [6, 6.07) is 24.9. The molecule has 1 aliphatic carbocycles. The van der Waals surface area contributed by atoms with Crippen LogP contribution in [0.25, 0.3) is 10.8 Å². The molecule has 5 rings (SSSR count). The van der Waals surface area contributed by atoms with Gasteiger partial charge in [0.2, 0.25) is 11.8 Å². The zero-order valence-electron chi connectivity index (χ0n) is 25.2. The quantitative estimate of drug-likeness (QED) is 0.0755. The molecule has 9 heteroatoms. The van der Waals surface area contributed by atoms with E-state index in [4.69, 9.17) is 11.5 Å². The summed E-state index contributed by atoms with van der Waals surface area (Å²) >= 11 is 0. The van der Waals surface area contributed by atoms with Gasteiger partial charge in [-0.25, -0.2) is 4.98 Å². The number of nitrogens with zero attached hydrogens (tertiary/aromatic N) is 2. The topological polar surface area (TPSA) is 151 Å². The van der Waals surface area contributed by atoms with Crippen LogP contribution in [0.3, 0.4) is 0 Å². The van der Waals surface area contributed by atoms with E-state index in [2.05, 4.69) is 68.1 Å². The molecule has 1 aromatic heterocycles. The minimum absolute atomic E-state index is 0.0179. The summed E-state index contributed by atoms with van der Waals surface area (Å²) in [5.41, 5.74) is 13.9. The molecule has 1 saturated carbocycles. The van der Waals surface area contributed by atoms with Crippen LogP contribution in [0.5, 0.6) is 0 Å². The fourth-order valence-electron chi connectivity index (χ4n) is 6.31. The number of imidazole rings is 1. The number of benzene rings is 3. The number of hydrogen-bond donors (Lipinski definition) is 5. The molecule has 2 amide bonds. The Morgan fingerprint density at radius 2 is 1.77 bits per heavy atom. The van der Waals surface area contributed by atoms with Gasteiger partial charge < -0.3 is 27.1 Å². The zero-order chi connectivity index (χ0) is 30.8. The van der Waals surface area contributed by atoms with Crippen LogP contribution in [0.1, 0.15) is 48.9 Å². The van der Waals surface area contributed by atoms with E-state index in [1.807, 2.05) is 30.3 Å². The molecule has 0 spiro atoms. The molecule has 3 aromatic carbocycles. The third kappa shape index (κ3) is 8.24. The number of fused-ring (bicyclic) bond motifs is 1. The number of aromatic amines is 1. The number of aliphatic imine (C=N–C) groups is 1. The average Bonchev–Trinajstić information content (AvgIpc) is 3.53. The van der Waals surface area contributed by atoms with Gasteiger partial charge in [-0.2, -0.15) is 0 Å². The number of H-pyrrole nitrogens is 1. The number of aromatic nitrogens is 2. The molecule has 1 heterocycles. The SMILES string of the molecule is NC(N)=NCCC[C@@]1(C(=O)NCCc2ccc3ccccc3c2)C[C@H]1[C@H](CCc1ccccc1)NC(=O)CCc1cnc[nH]1. The van der Waals surface area contributed by atoms with Crippen molar-refractivity contribution in [1.82, 2.24) is 20.6 Å². The Bertz CT molecular complexity index is 1550. The first-order chi connectivity index (χ1) is 21.4. The first kappa shape index (κ1) is 30.8. The van der Waals surface area contributed by atoms with Gasteiger partial charge in [-0.05, 0) is 72.8 Å². The zero-order valence-corrected chi connectivity index (χ0v) is 25.2. The lowest BCUT2D eigenvalue weighted by Gasteiger charge is -2.24. The van der Waals surface area contributed by atoms with Crippen molar-refractivity contribution < 1.29 is 9.59 Å². The molecule has 4 aromatic rings. The van der Waals surface area contributed by atoms with Crippen molar-refractivity contribution in [3.8, 4) is 0 Å². The van der Waals surface area contributed by atoms with Gasteiger partial charge >= 0.3 is 0 Å². The van der Waals surface area contributed by atoms with Crippen molar-refractivity contribution in [2.45, 2.75) is 57.4 Å². The van der Waals surface area contributed by atoms with Gasteiger partial charge in [0.15, 0.2) is 5.96 Å².